The second-order valence-electron chi connectivity index (χ2n) is 4.15. The van der Waals surface area contributed by atoms with E-state index < -0.39 is 0 Å². The van der Waals surface area contributed by atoms with Gasteiger partial charge < -0.3 is 5.32 Å². The van der Waals surface area contributed by atoms with E-state index in [0.717, 1.165) is 17.6 Å². The highest BCUT2D eigenvalue weighted by Crippen LogP contribution is 2.19. The van der Waals surface area contributed by atoms with Crippen molar-refractivity contribution in [3.8, 4) is 0 Å². The summed E-state index contributed by atoms with van der Waals surface area (Å²) in [6.07, 6.45) is 4.05. The van der Waals surface area contributed by atoms with Gasteiger partial charge in [0.15, 0.2) is 0 Å². The minimum Gasteiger partial charge on any atom is -0.310 e. The molecule has 1 aliphatic carbocycles. The van der Waals surface area contributed by atoms with Crippen molar-refractivity contribution in [2.75, 3.05) is 0 Å². The van der Waals surface area contributed by atoms with Gasteiger partial charge in [0.25, 0.3) is 0 Å². The van der Waals surface area contributed by atoms with Gasteiger partial charge in [0.2, 0.25) is 0 Å². The number of nitrogens with one attached hydrogen (secondary N) is 1. The molecule has 1 aromatic carbocycles. The molecule has 0 atom stereocenters. The number of benzene rings is 1. The van der Waals surface area contributed by atoms with E-state index in [-0.39, 0.29) is 0 Å². The van der Waals surface area contributed by atoms with E-state index in [2.05, 4.69) is 18.3 Å². The van der Waals surface area contributed by atoms with E-state index in [1.807, 2.05) is 12.1 Å². The van der Waals surface area contributed by atoms with Crippen molar-refractivity contribution in [3.05, 3.63) is 34.3 Å². The molecule has 0 aromatic heterocycles. The molecular weight excluding hydrogens is 194 g/mol. The van der Waals surface area contributed by atoms with E-state index in [9.17, 15) is 0 Å². The van der Waals surface area contributed by atoms with Crippen LogP contribution in [0.4, 0.5) is 0 Å². The smallest absolute Gasteiger partial charge is 0.0411 e. The first kappa shape index (κ1) is 10.0. The Morgan fingerprint density at radius 2 is 2.14 bits per heavy atom. The first-order valence-corrected chi connectivity index (χ1v) is 5.61. The Morgan fingerprint density at radius 3 is 2.71 bits per heavy atom. The lowest BCUT2D eigenvalue weighted by Gasteiger charge is -2.26. The van der Waals surface area contributed by atoms with E-state index >= 15 is 0 Å². The highest BCUT2D eigenvalue weighted by atomic mass is 35.5. The minimum atomic E-state index is 0.745. The predicted molar refractivity (Wildman–Crippen MR) is 60.7 cm³/mol. The monoisotopic (exact) mass is 209 g/mol. The highest BCUT2D eigenvalue weighted by Gasteiger charge is 2.15. The molecule has 1 fully saturated rings. The summed E-state index contributed by atoms with van der Waals surface area (Å²) in [6, 6.07) is 6.97. The van der Waals surface area contributed by atoms with Crippen LogP contribution in [0, 0.1) is 6.92 Å². The number of halogens is 1. The Morgan fingerprint density at radius 1 is 1.36 bits per heavy atom. The predicted octanol–water partition coefficient (Wildman–Crippen LogP) is 3.29. The third-order valence-corrected chi connectivity index (χ3v) is 3.02. The zero-order valence-corrected chi connectivity index (χ0v) is 9.27. The highest BCUT2D eigenvalue weighted by molar-refractivity contribution is 6.30. The summed E-state index contributed by atoms with van der Waals surface area (Å²) in [5.41, 5.74) is 2.53. The molecule has 0 radical (unpaired) electrons. The SMILES string of the molecule is Cc1cc(Cl)cc(CNC2CCC2)c1. The van der Waals surface area contributed by atoms with Crippen LogP contribution in [-0.4, -0.2) is 6.04 Å². The average Bonchev–Trinajstić information content (AvgIpc) is 1.99. The van der Waals surface area contributed by atoms with Crippen LogP contribution in [-0.2, 0) is 6.54 Å². The maximum atomic E-state index is 5.99. The summed E-state index contributed by atoms with van der Waals surface area (Å²) in [4.78, 5) is 0. The normalized spacial score (nSPS) is 16.7. The Labute approximate surface area is 90.5 Å². The van der Waals surface area contributed by atoms with Gasteiger partial charge in [-0.2, -0.15) is 0 Å². The van der Waals surface area contributed by atoms with Crippen molar-refractivity contribution >= 4 is 11.6 Å². The molecule has 0 spiro atoms. The van der Waals surface area contributed by atoms with Crippen molar-refractivity contribution in [1.82, 2.24) is 5.32 Å². The van der Waals surface area contributed by atoms with Gasteiger partial charge >= 0.3 is 0 Å². The number of aryl methyl sites for hydroxylation is 1. The first-order chi connectivity index (χ1) is 6.74. The Balaban J connectivity index is 1.94. The molecule has 0 bridgehead atoms. The van der Waals surface area contributed by atoms with Gasteiger partial charge in [-0.25, -0.2) is 0 Å². The molecule has 1 nitrogen and oxygen atoms in total. The van der Waals surface area contributed by atoms with E-state index in [1.165, 1.54) is 30.4 Å². The second kappa shape index (κ2) is 4.33. The first-order valence-electron chi connectivity index (χ1n) is 5.23. The molecule has 2 heteroatoms. The lowest BCUT2D eigenvalue weighted by atomic mass is 9.93. The maximum absolute atomic E-state index is 5.99. The van der Waals surface area contributed by atoms with Crippen molar-refractivity contribution in [2.24, 2.45) is 0 Å². The zero-order valence-electron chi connectivity index (χ0n) is 8.52. The van der Waals surface area contributed by atoms with Crippen LogP contribution in [0.2, 0.25) is 5.02 Å². The summed E-state index contributed by atoms with van der Waals surface area (Å²) in [7, 11) is 0. The quantitative estimate of drug-likeness (QED) is 0.806. The van der Waals surface area contributed by atoms with Crippen LogP contribution in [0.25, 0.3) is 0 Å². The van der Waals surface area contributed by atoms with Gasteiger partial charge in [-0.3, -0.25) is 0 Å². The lowest BCUT2D eigenvalue weighted by molar-refractivity contribution is 0.338. The minimum absolute atomic E-state index is 0.745. The molecule has 14 heavy (non-hydrogen) atoms. The van der Waals surface area contributed by atoms with Crippen molar-refractivity contribution in [2.45, 2.75) is 38.8 Å². The summed E-state index contributed by atoms with van der Waals surface area (Å²) in [5.74, 6) is 0. The van der Waals surface area contributed by atoms with Crippen molar-refractivity contribution < 1.29 is 0 Å². The molecule has 2 rings (SSSR count). The fraction of sp³-hybridized carbons (Fsp3) is 0.500. The molecule has 0 aliphatic heterocycles. The van der Waals surface area contributed by atoms with Gasteiger partial charge in [0, 0.05) is 17.6 Å². The molecule has 1 aliphatic rings. The summed E-state index contributed by atoms with van der Waals surface area (Å²) in [5, 5.41) is 4.37. The molecular formula is C12H16ClN. The van der Waals surface area contributed by atoms with Gasteiger partial charge in [-0.05, 0) is 43.0 Å². The van der Waals surface area contributed by atoms with Gasteiger partial charge in [0.1, 0.15) is 0 Å². The molecule has 0 heterocycles. The second-order valence-corrected chi connectivity index (χ2v) is 4.58. The fourth-order valence-corrected chi connectivity index (χ4v) is 2.10. The van der Waals surface area contributed by atoms with Crippen LogP contribution in [0.1, 0.15) is 30.4 Å². The Bertz CT molecular complexity index is 298. The summed E-state index contributed by atoms with van der Waals surface area (Å²) in [6.45, 7) is 3.03. The van der Waals surface area contributed by atoms with Crippen LogP contribution >= 0.6 is 11.6 Å². The van der Waals surface area contributed by atoms with Crippen LogP contribution < -0.4 is 5.32 Å². The van der Waals surface area contributed by atoms with Gasteiger partial charge in [-0.1, -0.05) is 24.1 Å². The number of hydrogen-bond acceptors (Lipinski definition) is 1. The van der Waals surface area contributed by atoms with Crippen LogP contribution in [0.3, 0.4) is 0 Å². The third kappa shape index (κ3) is 2.49. The summed E-state index contributed by atoms with van der Waals surface area (Å²) >= 11 is 5.99. The van der Waals surface area contributed by atoms with Gasteiger partial charge in [-0.15, -0.1) is 0 Å². The topological polar surface area (TPSA) is 12.0 Å². The Kier molecular flexibility index (Phi) is 3.09. The van der Waals surface area contributed by atoms with Crippen molar-refractivity contribution in [3.63, 3.8) is 0 Å². The van der Waals surface area contributed by atoms with Gasteiger partial charge in [0.05, 0.1) is 0 Å². The Hall–Kier alpha value is -0.530. The standard InChI is InChI=1S/C12H16ClN/c1-9-5-10(7-11(13)6-9)8-14-12-3-2-4-12/h5-7,12,14H,2-4,8H2,1H3. The van der Waals surface area contributed by atoms with Crippen molar-refractivity contribution in [1.29, 1.82) is 0 Å². The van der Waals surface area contributed by atoms with E-state index in [0.29, 0.717) is 0 Å². The maximum Gasteiger partial charge on any atom is 0.0411 e. The van der Waals surface area contributed by atoms with Crippen LogP contribution in [0.15, 0.2) is 18.2 Å². The zero-order chi connectivity index (χ0) is 9.97. The van der Waals surface area contributed by atoms with E-state index in [4.69, 9.17) is 11.6 Å². The number of hydrogen-bond donors (Lipinski definition) is 1. The van der Waals surface area contributed by atoms with Crippen LogP contribution in [0.5, 0.6) is 0 Å². The largest absolute Gasteiger partial charge is 0.310 e. The molecule has 1 saturated carbocycles. The molecule has 0 saturated heterocycles. The lowest BCUT2D eigenvalue weighted by Crippen LogP contribution is -2.34. The summed E-state index contributed by atoms with van der Waals surface area (Å²) < 4.78 is 0. The molecule has 76 valence electrons. The van der Waals surface area contributed by atoms with E-state index in [1.54, 1.807) is 0 Å². The molecule has 1 aromatic rings. The third-order valence-electron chi connectivity index (χ3n) is 2.80. The molecule has 0 amide bonds. The average molecular weight is 210 g/mol. The number of rotatable bonds is 3. The fourth-order valence-electron chi connectivity index (χ4n) is 1.79. The molecule has 0 unspecified atom stereocenters. The molecule has 1 N–H and O–H groups in total.